The van der Waals surface area contributed by atoms with Crippen molar-refractivity contribution >= 4 is 0 Å². The molecule has 28 heavy (non-hydrogen) atoms. The Morgan fingerprint density at radius 2 is 1.93 bits per heavy atom. The van der Waals surface area contributed by atoms with Crippen molar-refractivity contribution in [2.45, 2.75) is 19.6 Å². The van der Waals surface area contributed by atoms with Crippen LogP contribution in [0.15, 0.2) is 46.9 Å². The predicted molar refractivity (Wildman–Crippen MR) is 99.3 cm³/mol. The number of hydrogen-bond acceptors (Lipinski definition) is 5. The van der Waals surface area contributed by atoms with Gasteiger partial charge < -0.3 is 13.9 Å². The lowest BCUT2D eigenvalue weighted by Crippen LogP contribution is -2.39. The molecule has 1 aliphatic rings. The molecule has 5 nitrogen and oxygen atoms in total. The van der Waals surface area contributed by atoms with E-state index >= 15 is 0 Å². The molecule has 0 bridgehead atoms. The first kappa shape index (κ1) is 18.4. The topological polar surface area (TPSA) is 47.7 Å². The highest BCUT2D eigenvalue weighted by molar-refractivity contribution is 5.54. The summed E-state index contributed by atoms with van der Waals surface area (Å²) in [4.78, 5) is 6.44. The van der Waals surface area contributed by atoms with Crippen molar-refractivity contribution in [1.82, 2.24) is 9.88 Å². The number of nitrogens with zero attached hydrogens (tertiary/aromatic N) is 2. The van der Waals surface area contributed by atoms with Crippen molar-refractivity contribution in [3.63, 3.8) is 0 Å². The number of oxazole rings is 1. The second-order valence-corrected chi connectivity index (χ2v) is 6.84. The van der Waals surface area contributed by atoms with Crippen molar-refractivity contribution in [1.29, 1.82) is 0 Å². The number of ether oxygens (including phenoxy) is 2. The maximum Gasteiger partial charge on any atom is 0.229 e. The number of aromatic nitrogens is 1. The molecule has 7 heteroatoms. The molecular formula is C21H20F2N2O3. The second-order valence-electron chi connectivity index (χ2n) is 6.84. The number of hydrogen-bond donors (Lipinski definition) is 0. The molecule has 2 aromatic carbocycles. The van der Waals surface area contributed by atoms with Gasteiger partial charge in [0, 0.05) is 19.2 Å². The Labute approximate surface area is 161 Å². The van der Waals surface area contributed by atoms with Crippen LogP contribution in [0.5, 0.6) is 11.5 Å². The number of halogens is 2. The number of rotatable bonds is 5. The zero-order valence-corrected chi connectivity index (χ0v) is 15.6. The first-order valence-electron chi connectivity index (χ1n) is 8.98. The Kier molecular flexibility index (Phi) is 5.00. The third-order valence-electron chi connectivity index (χ3n) is 4.56. The number of aryl methyl sites for hydroxylation is 1. The Bertz CT molecular complexity index is 990. The summed E-state index contributed by atoms with van der Waals surface area (Å²) in [6.45, 7) is 3.36. The second kappa shape index (κ2) is 7.59. The zero-order chi connectivity index (χ0) is 19.7. The van der Waals surface area contributed by atoms with Crippen LogP contribution in [0, 0.1) is 18.6 Å². The summed E-state index contributed by atoms with van der Waals surface area (Å²) in [7, 11) is 1.94. The molecule has 1 atom stereocenters. The zero-order valence-electron chi connectivity index (χ0n) is 15.6. The molecule has 0 amide bonds. The minimum absolute atomic E-state index is 0.110. The summed E-state index contributed by atoms with van der Waals surface area (Å²) in [5.41, 5.74) is 0.831. The van der Waals surface area contributed by atoms with Gasteiger partial charge in [-0.2, -0.15) is 0 Å². The number of benzene rings is 2. The molecule has 2 heterocycles. The third kappa shape index (κ3) is 3.84. The summed E-state index contributed by atoms with van der Waals surface area (Å²) < 4.78 is 44.4. The molecule has 0 fully saturated rings. The Balaban J connectivity index is 1.42. The largest absolute Gasteiger partial charge is 0.486 e. The number of likely N-dealkylation sites (N-methyl/N-ethyl adjacent to an activating group) is 1. The standard InChI is InChI=1S/C21H20F2N2O3/c1-13-18(24-21(27-13)16-8-7-14(22)9-17(16)23)11-25(2)10-15-12-26-19-5-3-4-6-20(19)28-15/h3-9,15H,10-12H2,1-2H3/t15-/m1/s1. The molecule has 3 aromatic rings. The predicted octanol–water partition coefficient (Wildman–Crippen LogP) is 4.20. The minimum Gasteiger partial charge on any atom is -0.486 e. The summed E-state index contributed by atoms with van der Waals surface area (Å²) in [5.74, 6) is 0.883. The van der Waals surface area contributed by atoms with Crippen molar-refractivity contribution in [3.05, 3.63) is 65.6 Å². The minimum atomic E-state index is -0.701. The van der Waals surface area contributed by atoms with Gasteiger partial charge in [-0.15, -0.1) is 0 Å². The van der Waals surface area contributed by atoms with E-state index in [1.54, 1.807) is 6.92 Å². The summed E-state index contributed by atoms with van der Waals surface area (Å²) >= 11 is 0. The maximum absolute atomic E-state index is 14.0. The molecule has 0 spiro atoms. The van der Waals surface area contributed by atoms with Gasteiger partial charge in [-0.25, -0.2) is 13.8 Å². The molecule has 146 valence electrons. The molecule has 0 radical (unpaired) electrons. The lowest BCUT2D eigenvalue weighted by atomic mass is 10.2. The van der Waals surface area contributed by atoms with Crippen LogP contribution < -0.4 is 9.47 Å². The Morgan fingerprint density at radius 1 is 1.14 bits per heavy atom. The third-order valence-corrected chi connectivity index (χ3v) is 4.56. The fourth-order valence-electron chi connectivity index (χ4n) is 3.17. The molecule has 0 unspecified atom stereocenters. The van der Waals surface area contributed by atoms with Crippen molar-refractivity contribution < 1.29 is 22.7 Å². The van der Waals surface area contributed by atoms with Gasteiger partial charge >= 0.3 is 0 Å². The van der Waals surface area contributed by atoms with Crippen molar-refractivity contribution in [2.75, 3.05) is 20.2 Å². The maximum atomic E-state index is 14.0. The van der Waals surface area contributed by atoms with Gasteiger partial charge in [0.2, 0.25) is 5.89 Å². The van der Waals surface area contributed by atoms with Gasteiger partial charge in [0.1, 0.15) is 30.1 Å². The molecule has 4 rings (SSSR count). The van der Waals surface area contributed by atoms with Gasteiger partial charge in [0.15, 0.2) is 11.5 Å². The van der Waals surface area contributed by atoms with E-state index < -0.39 is 11.6 Å². The number of para-hydroxylation sites is 2. The van der Waals surface area contributed by atoms with Crippen LogP contribution in [0.4, 0.5) is 8.78 Å². The molecule has 0 saturated carbocycles. The fourth-order valence-corrected chi connectivity index (χ4v) is 3.17. The fraction of sp³-hybridized carbons (Fsp3) is 0.286. The van der Waals surface area contributed by atoms with E-state index in [1.165, 1.54) is 12.1 Å². The highest BCUT2D eigenvalue weighted by Crippen LogP contribution is 2.31. The molecule has 0 N–H and O–H groups in total. The highest BCUT2D eigenvalue weighted by atomic mass is 19.1. The van der Waals surface area contributed by atoms with Gasteiger partial charge in [-0.3, -0.25) is 4.90 Å². The molecule has 0 aliphatic carbocycles. The van der Waals surface area contributed by atoms with Crippen LogP contribution in [0.1, 0.15) is 11.5 Å². The SMILES string of the molecule is Cc1oc(-c2ccc(F)cc2F)nc1CN(C)C[C@@H]1COc2ccccc2O1. The monoisotopic (exact) mass is 386 g/mol. The van der Waals surface area contributed by atoms with E-state index in [0.717, 1.165) is 17.6 Å². The highest BCUT2D eigenvalue weighted by Gasteiger charge is 2.23. The first-order valence-corrected chi connectivity index (χ1v) is 8.98. The molecule has 1 aliphatic heterocycles. The van der Waals surface area contributed by atoms with Gasteiger partial charge in [0.25, 0.3) is 0 Å². The van der Waals surface area contributed by atoms with Crippen LogP contribution in [0.2, 0.25) is 0 Å². The van der Waals surface area contributed by atoms with Crippen LogP contribution in [-0.4, -0.2) is 36.2 Å². The van der Waals surface area contributed by atoms with Crippen LogP contribution in [-0.2, 0) is 6.54 Å². The van der Waals surface area contributed by atoms with E-state index in [1.807, 2.05) is 36.2 Å². The van der Waals surface area contributed by atoms with Crippen LogP contribution in [0.25, 0.3) is 11.5 Å². The molecular weight excluding hydrogens is 366 g/mol. The normalized spacial score (nSPS) is 15.8. The average Bonchev–Trinajstić information content (AvgIpc) is 3.01. The van der Waals surface area contributed by atoms with Gasteiger partial charge in [0.05, 0.1) is 11.3 Å². The van der Waals surface area contributed by atoms with E-state index in [2.05, 4.69) is 4.98 Å². The average molecular weight is 386 g/mol. The van der Waals surface area contributed by atoms with Gasteiger partial charge in [-0.05, 0) is 38.2 Å². The van der Waals surface area contributed by atoms with E-state index in [9.17, 15) is 8.78 Å². The van der Waals surface area contributed by atoms with E-state index in [4.69, 9.17) is 13.9 Å². The lowest BCUT2D eigenvalue weighted by molar-refractivity contribution is 0.0634. The van der Waals surface area contributed by atoms with E-state index in [-0.39, 0.29) is 17.6 Å². The summed E-state index contributed by atoms with van der Waals surface area (Å²) in [6, 6.07) is 10.9. The van der Waals surface area contributed by atoms with Crippen LogP contribution >= 0.6 is 0 Å². The molecule has 1 aromatic heterocycles. The smallest absolute Gasteiger partial charge is 0.229 e. The van der Waals surface area contributed by atoms with Gasteiger partial charge in [-0.1, -0.05) is 12.1 Å². The van der Waals surface area contributed by atoms with E-state index in [0.29, 0.717) is 31.2 Å². The first-order chi connectivity index (χ1) is 13.5. The summed E-state index contributed by atoms with van der Waals surface area (Å²) in [6.07, 6.45) is -0.110. The number of fused-ring (bicyclic) bond motifs is 1. The molecule has 0 saturated heterocycles. The van der Waals surface area contributed by atoms with Crippen LogP contribution in [0.3, 0.4) is 0 Å². The Morgan fingerprint density at radius 3 is 2.71 bits per heavy atom. The quantitative estimate of drug-likeness (QED) is 0.658. The summed E-state index contributed by atoms with van der Waals surface area (Å²) in [5, 5.41) is 0. The van der Waals surface area contributed by atoms with Crippen molar-refractivity contribution in [2.24, 2.45) is 0 Å². The lowest BCUT2D eigenvalue weighted by Gasteiger charge is -2.29. The van der Waals surface area contributed by atoms with Crippen molar-refractivity contribution in [3.8, 4) is 23.0 Å². The Hall–Kier alpha value is -2.93.